The van der Waals surface area contributed by atoms with Crippen molar-refractivity contribution in [1.29, 1.82) is 0 Å². The Hall–Kier alpha value is -2.11. The maximum Gasteiger partial charge on any atom is 0.302 e. The van der Waals surface area contributed by atoms with Crippen LogP contribution >= 0.6 is 0 Å². The van der Waals surface area contributed by atoms with Crippen molar-refractivity contribution in [3.8, 4) is 0 Å². The standard InChI is InChI=1S/C9H10N2O4/c1-6(12)15-5-7-4-8(10)2-3-9(7)11(13)14/h2-4H,5,10H2,1H3. The quantitative estimate of drug-likeness (QED) is 0.350. The second-order valence-corrected chi connectivity index (χ2v) is 2.93. The smallest absolute Gasteiger partial charge is 0.302 e. The molecular formula is C9H10N2O4. The van der Waals surface area contributed by atoms with Gasteiger partial charge in [0.05, 0.1) is 10.5 Å². The zero-order chi connectivity index (χ0) is 11.4. The van der Waals surface area contributed by atoms with Gasteiger partial charge < -0.3 is 10.5 Å². The van der Waals surface area contributed by atoms with Crippen LogP contribution in [-0.2, 0) is 16.1 Å². The summed E-state index contributed by atoms with van der Waals surface area (Å²) in [6, 6.07) is 4.13. The second-order valence-electron chi connectivity index (χ2n) is 2.93. The van der Waals surface area contributed by atoms with E-state index in [1.807, 2.05) is 0 Å². The average Bonchev–Trinajstić information content (AvgIpc) is 2.14. The maximum absolute atomic E-state index is 10.6. The molecule has 1 rings (SSSR count). The van der Waals surface area contributed by atoms with Crippen molar-refractivity contribution in [2.45, 2.75) is 13.5 Å². The van der Waals surface area contributed by atoms with E-state index in [-0.39, 0.29) is 17.9 Å². The van der Waals surface area contributed by atoms with Crippen LogP contribution in [0.1, 0.15) is 12.5 Å². The molecule has 15 heavy (non-hydrogen) atoms. The number of carbonyl (C=O) groups excluding carboxylic acids is 1. The molecule has 0 aromatic heterocycles. The lowest BCUT2D eigenvalue weighted by Crippen LogP contribution is -2.03. The number of nitrogens with two attached hydrogens (primary N) is 1. The summed E-state index contributed by atoms with van der Waals surface area (Å²) in [5.74, 6) is -0.494. The Bertz CT molecular complexity index is 403. The molecule has 0 unspecified atom stereocenters. The van der Waals surface area contributed by atoms with Gasteiger partial charge in [0.25, 0.3) is 5.69 Å². The van der Waals surface area contributed by atoms with Crippen LogP contribution in [0.25, 0.3) is 0 Å². The number of nitrogen functional groups attached to an aromatic ring is 1. The summed E-state index contributed by atoms with van der Waals surface area (Å²) in [6.07, 6.45) is 0. The lowest BCUT2D eigenvalue weighted by Gasteiger charge is -2.04. The third-order valence-corrected chi connectivity index (χ3v) is 1.73. The first kappa shape index (κ1) is 11.0. The van der Waals surface area contributed by atoms with Gasteiger partial charge in [-0.25, -0.2) is 0 Å². The third kappa shape index (κ3) is 2.94. The number of nitro benzene ring substituents is 1. The largest absolute Gasteiger partial charge is 0.461 e. The number of esters is 1. The molecule has 0 aliphatic rings. The molecular weight excluding hydrogens is 200 g/mol. The molecule has 0 saturated heterocycles. The Morgan fingerprint density at radius 3 is 2.80 bits per heavy atom. The van der Waals surface area contributed by atoms with Crippen LogP contribution in [0.4, 0.5) is 11.4 Å². The normalized spacial score (nSPS) is 9.67. The van der Waals surface area contributed by atoms with E-state index < -0.39 is 10.9 Å². The minimum Gasteiger partial charge on any atom is -0.461 e. The molecule has 1 aromatic carbocycles. The van der Waals surface area contributed by atoms with Gasteiger partial charge in [0.2, 0.25) is 0 Å². The van der Waals surface area contributed by atoms with Crippen LogP contribution in [0.5, 0.6) is 0 Å². The Labute approximate surface area is 85.8 Å². The first-order chi connectivity index (χ1) is 7.00. The molecule has 0 heterocycles. The second kappa shape index (κ2) is 4.41. The SMILES string of the molecule is CC(=O)OCc1cc(N)ccc1[N+](=O)[O-]. The van der Waals surface area contributed by atoms with E-state index in [2.05, 4.69) is 4.74 Å². The number of nitro groups is 1. The molecule has 1 aromatic rings. The maximum atomic E-state index is 10.6. The molecule has 6 heteroatoms. The lowest BCUT2D eigenvalue weighted by molar-refractivity contribution is -0.385. The highest BCUT2D eigenvalue weighted by Crippen LogP contribution is 2.21. The van der Waals surface area contributed by atoms with E-state index in [4.69, 9.17) is 5.73 Å². The predicted octanol–water partition coefficient (Wildman–Crippen LogP) is 1.24. The highest BCUT2D eigenvalue weighted by atomic mass is 16.6. The third-order valence-electron chi connectivity index (χ3n) is 1.73. The highest BCUT2D eigenvalue weighted by Gasteiger charge is 2.14. The van der Waals surface area contributed by atoms with E-state index in [1.54, 1.807) is 0 Å². The molecule has 0 atom stereocenters. The molecule has 0 aliphatic heterocycles. The number of anilines is 1. The molecule has 0 spiro atoms. The molecule has 2 N–H and O–H groups in total. The van der Waals surface area contributed by atoms with Crippen LogP contribution in [0.2, 0.25) is 0 Å². The zero-order valence-electron chi connectivity index (χ0n) is 8.10. The fourth-order valence-electron chi connectivity index (χ4n) is 1.08. The van der Waals surface area contributed by atoms with E-state index in [0.717, 1.165) is 0 Å². The van der Waals surface area contributed by atoms with Crippen LogP contribution in [-0.4, -0.2) is 10.9 Å². The molecule has 0 saturated carbocycles. The number of benzene rings is 1. The van der Waals surface area contributed by atoms with Crippen LogP contribution in [0.3, 0.4) is 0 Å². The number of carbonyl (C=O) groups is 1. The number of rotatable bonds is 3. The molecule has 0 fully saturated rings. The molecule has 0 amide bonds. The molecule has 0 aliphatic carbocycles. The van der Waals surface area contributed by atoms with Crippen molar-refractivity contribution in [2.24, 2.45) is 0 Å². The summed E-state index contributed by atoms with van der Waals surface area (Å²) in [5, 5.41) is 10.6. The van der Waals surface area contributed by atoms with Gasteiger partial charge in [0.1, 0.15) is 6.61 Å². The van der Waals surface area contributed by atoms with Crippen molar-refractivity contribution in [1.82, 2.24) is 0 Å². The number of ether oxygens (including phenoxy) is 1. The predicted molar refractivity (Wildman–Crippen MR) is 53.0 cm³/mol. The van der Waals surface area contributed by atoms with E-state index in [0.29, 0.717) is 5.69 Å². The van der Waals surface area contributed by atoms with Gasteiger partial charge in [0, 0.05) is 18.7 Å². The van der Waals surface area contributed by atoms with Gasteiger partial charge in [-0.1, -0.05) is 0 Å². The fourth-order valence-corrected chi connectivity index (χ4v) is 1.08. The molecule has 0 radical (unpaired) electrons. The van der Waals surface area contributed by atoms with E-state index in [9.17, 15) is 14.9 Å². The van der Waals surface area contributed by atoms with Gasteiger partial charge in [-0.15, -0.1) is 0 Å². The Kier molecular flexibility index (Phi) is 3.22. The van der Waals surface area contributed by atoms with Crippen molar-refractivity contribution in [2.75, 3.05) is 5.73 Å². The molecule has 6 nitrogen and oxygen atoms in total. The summed E-state index contributed by atoms with van der Waals surface area (Å²) < 4.78 is 4.67. The van der Waals surface area contributed by atoms with Gasteiger partial charge in [-0.2, -0.15) is 0 Å². The van der Waals surface area contributed by atoms with Gasteiger partial charge in [-0.05, 0) is 12.1 Å². The minimum atomic E-state index is -0.543. The van der Waals surface area contributed by atoms with Gasteiger partial charge >= 0.3 is 5.97 Å². The summed E-state index contributed by atoms with van der Waals surface area (Å²) in [5.41, 5.74) is 6.04. The monoisotopic (exact) mass is 210 g/mol. The Balaban J connectivity index is 2.96. The fraction of sp³-hybridized carbons (Fsp3) is 0.222. The van der Waals surface area contributed by atoms with Crippen molar-refractivity contribution in [3.63, 3.8) is 0 Å². The van der Waals surface area contributed by atoms with Crippen LogP contribution in [0, 0.1) is 10.1 Å². The van der Waals surface area contributed by atoms with Crippen molar-refractivity contribution < 1.29 is 14.5 Å². The first-order valence-electron chi connectivity index (χ1n) is 4.17. The molecule has 80 valence electrons. The summed E-state index contributed by atoms with van der Waals surface area (Å²) in [6.45, 7) is 1.09. The summed E-state index contributed by atoms with van der Waals surface area (Å²) >= 11 is 0. The average molecular weight is 210 g/mol. The minimum absolute atomic E-state index is 0.106. The van der Waals surface area contributed by atoms with Crippen LogP contribution in [0.15, 0.2) is 18.2 Å². The van der Waals surface area contributed by atoms with Crippen molar-refractivity contribution in [3.05, 3.63) is 33.9 Å². The highest BCUT2D eigenvalue weighted by molar-refractivity contribution is 5.66. The Morgan fingerprint density at radius 2 is 2.27 bits per heavy atom. The Morgan fingerprint density at radius 1 is 1.60 bits per heavy atom. The van der Waals surface area contributed by atoms with Gasteiger partial charge in [-0.3, -0.25) is 14.9 Å². The van der Waals surface area contributed by atoms with Crippen LogP contribution < -0.4 is 5.73 Å². The first-order valence-corrected chi connectivity index (χ1v) is 4.17. The summed E-state index contributed by atoms with van der Waals surface area (Å²) in [4.78, 5) is 20.6. The zero-order valence-corrected chi connectivity index (χ0v) is 8.10. The van der Waals surface area contributed by atoms with Gasteiger partial charge in [0.15, 0.2) is 0 Å². The number of nitrogens with zero attached hydrogens (tertiary/aromatic N) is 1. The summed E-state index contributed by atoms with van der Waals surface area (Å²) in [7, 11) is 0. The lowest BCUT2D eigenvalue weighted by atomic mass is 10.1. The molecule has 0 bridgehead atoms. The number of hydrogen-bond acceptors (Lipinski definition) is 5. The number of hydrogen-bond donors (Lipinski definition) is 1. The van der Waals surface area contributed by atoms with E-state index in [1.165, 1.54) is 25.1 Å². The topological polar surface area (TPSA) is 95.5 Å². The van der Waals surface area contributed by atoms with Crippen molar-refractivity contribution >= 4 is 17.3 Å². The van der Waals surface area contributed by atoms with E-state index >= 15 is 0 Å².